The third-order valence-corrected chi connectivity index (χ3v) is 3.96. The first-order valence-corrected chi connectivity index (χ1v) is 7.87. The Labute approximate surface area is 134 Å². The van der Waals surface area contributed by atoms with E-state index in [2.05, 4.69) is 15.7 Å². The molecule has 6 nitrogen and oxygen atoms in total. The smallest absolute Gasteiger partial charge is 0.251 e. The van der Waals surface area contributed by atoms with Crippen LogP contribution < -0.4 is 10.6 Å². The maximum absolute atomic E-state index is 12.3. The molecule has 23 heavy (non-hydrogen) atoms. The molecule has 2 N–H and O–H groups in total. The van der Waals surface area contributed by atoms with Crippen molar-refractivity contribution in [3.63, 3.8) is 0 Å². The van der Waals surface area contributed by atoms with Gasteiger partial charge in [0.2, 0.25) is 5.91 Å². The van der Waals surface area contributed by atoms with Crippen LogP contribution in [0.4, 0.5) is 0 Å². The molecular weight excluding hydrogens is 292 g/mol. The number of hydrogen-bond donors (Lipinski definition) is 2. The van der Waals surface area contributed by atoms with Crippen LogP contribution in [0.25, 0.3) is 0 Å². The summed E-state index contributed by atoms with van der Waals surface area (Å²) in [7, 11) is 0. The molecule has 1 aromatic carbocycles. The summed E-state index contributed by atoms with van der Waals surface area (Å²) in [6.45, 7) is 1.35. The standard InChI is InChI=1S/C17H20N4O2/c22-16(20-15-4-1-2-9-18-17(15)23)14-7-5-13(6-8-14)12-21-11-3-10-19-21/h3,5-8,10-11,15H,1-2,4,9,12H2,(H,18,23)(H,20,22)/t15-/m1/s1. The van der Waals surface area contributed by atoms with Crippen molar-refractivity contribution in [1.82, 2.24) is 20.4 Å². The van der Waals surface area contributed by atoms with Crippen molar-refractivity contribution >= 4 is 11.8 Å². The Morgan fingerprint density at radius 1 is 1.30 bits per heavy atom. The Morgan fingerprint density at radius 3 is 2.87 bits per heavy atom. The van der Waals surface area contributed by atoms with E-state index in [1.54, 1.807) is 18.3 Å². The fraction of sp³-hybridized carbons (Fsp3) is 0.353. The SMILES string of the molecule is O=C(N[C@@H]1CCCCNC1=O)c1ccc(Cn2cccn2)cc1. The molecule has 1 atom stereocenters. The largest absolute Gasteiger partial charge is 0.354 e. The Bertz CT molecular complexity index is 664. The van der Waals surface area contributed by atoms with Crippen molar-refractivity contribution in [1.29, 1.82) is 0 Å². The summed E-state index contributed by atoms with van der Waals surface area (Å²) >= 11 is 0. The number of aromatic nitrogens is 2. The number of benzene rings is 1. The highest BCUT2D eigenvalue weighted by Gasteiger charge is 2.22. The van der Waals surface area contributed by atoms with E-state index in [1.165, 1.54) is 0 Å². The maximum atomic E-state index is 12.3. The van der Waals surface area contributed by atoms with E-state index in [0.717, 1.165) is 18.4 Å². The molecule has 0 aliphatic carbocycles. The molecular formula is C17H20N4O2. The first kappa shape index (κ1) is 15.3. The molecule has 2 heterocycles. The second-order valence-electron chi connectivity index (χ2n) is 5.71. The zero-order chi connectivity index (χ0) is 16.1. The van der Waals surface area contributed by atoms with E-state index in [4.69, 9.17) is 0 Å². The predicted octanol–water partition coefficient (Wildman–Crippen LogP) is 1.33. The molecule has 1 fully saturated rings. The molecule has 1 saturated heterocycles. The summed E-state index contributed by atoms with van der Waals surface area (Å²) in [5.74, 6) is -0.302. The Kier molecular flexibility index (Phi) is 4.71. The predicted molar refractivity (Wildman–Crippen MR) is 85.9 cm³/mol. The zero-order valence-corrected chi connectivity index (χ0v) is 12.9. The lowest BCUT2D eigenvalue weighted by Crippen LogP contribution is -2.45. The first-order valence-electron chi connectivity index (χ1n) is 7.87. The third-order valence-electron chi connectivity index (χ3n) is 3.96. The van der Waals surface area contributed by atoms with Gasteiger partial charge in [-0.15, -0.1) is 0 Å². The number of carbonyl (C=O) groups excluding carboxylic acids is 2. The van der Waals surface area contributed by atoms with Crippen molar-refractivity contribution in [3.8, 4) is 0 Å². The lowest BCUT2D eigenvalue weighted by Gasteiger charge is -2.15. The van der Waals surface area contributed by atoms with Crippen LogP contribution in [-0.4, -0.2) is 34.2 Å². The normalized spacial score (nSPS) is 18.1. The van der Waals surface area contributed by atoms with Gasteiger partial charge in [0, 0.05) is 24.5 Å². The van der Waals surface area contributed by atoms with E-state index in [1.807, 2.05) is 29.1 Å². The van der Waals surface area contributed by atoms with Gasteiger partial charge in [0.05, 0.1) is 6.54 Å². The van der Waals surface area contributed by atoms with Crippen LogP contribution in [-0.2, 0) is 11.3 Å². The summed E-state index contributed by atoms with van der Waals surface area (Å²) in [5, 5.41) is 9.80. The molecule has 1 aliphatic heterocycles. The van der Waals surface area contributed by atoms with Crippen molar-refractivity contribution in [3.05, 3.63) is 53.9 Å². The number of nitrogens with zero attached hydrogens (tertiary/aromatic N) is 2. The van der Waals surface area contributed by atoms with Crippen molar-refractivity contribution in [2.45, 2.75) is 31.8 Å². The fourth-order valence-electron chi connectivity index (χ4n) is 2.66. The molecule has 2 aromatic rings. The average Bonchev–Trinajstić information content (AvgIpc) is 2.98. The second-order valence-corrected chi connectivity index (χ2v) is 5.71. The van der Waals surface area contributed by atoms with Gasteiger partial charge < -0.3 is 10.6 Å². The van der Waals surface area contributed by atoms with Crippen LogP contribution in [0.1, 0.15) is 35.2 Å². The van der Waals surface area contributed by atoms with E-state index < -0.39 is 6.04 Å². The molecule has 0 radical (unpaired) electrons. The first-order chi connectivity index (χ1) is 11.2. The fourth-order valence-corrected chi connectivity index (χ4v) is 2.66. The van der Waals surface area contributed by atoms with Gasteiger partial charge in [0.1, 0.15) is 6.04 Å². The van der Waals surface area contributed by atoms with Crippen LogP contribution in [0.2, 0.25) is 0 Å². The molecule has 3 rings (SSSR count). The molecule has 0 saturated carbocycles. The van der Waals surface area contributed by atoms with Gasteiger partial charge in [-0.05, 0) is 43.0 Å². The van der Waals surface area contributed by atoms with E-state index in [0.29, 0.717) is 25.1 Å². The number of amides is 2. The highest BCUT2D eigenvalue weighted by molar-refractivity contribution is 5.97. The molecule has 6 heteroatoms. The van der Waals surface area contributed by atoms with Crippen molar-refractivity contribution < 1.29 is 9.59 Å². The number of hydrogen-bond acceptors (Lipinski definition) is 3. The van der Waals surface area contributed by atoms with Gasteiger partial charge in [-0.25, -0.2) is 0 Å². The van der Waals surface area contributed by atoms with Gasteiger partial charge >= 0.3 is 0 Å². The Morgan fingerprint density at radius 2 is 2.13 bits per heavy atom. The molecule has 1 aliphatic rings. The highest BCUT2D eigenvalue weighted by atomic mass is 16.2. The number of nitrogens with one attached hydrogen (secondary N) is 2. The molecule has 0 spiro atoms. The molecule has 2 amide bonds. The van der Waals surface area contributed by atoms with E-state index in [9.17, 15) is 9.59 Å². The minimum Gasteiger partial charge on any atom is -0.354 e. The topological polar surface area (TPSA) is 76.0 Å². The van der Waals surface area contributed by atoms with Gasteiger partial charge in [0.25, 0.3) is 5.91 Å². The van der Waals surface area contributed by atoms with Gasteiger partial charge in [-0.2, -0.15) is 5.10 Å². The zero-order valence-electron chi connectivity index (χ0n) is 12.9. The quantitative estimate of drug-likeness (QED) is 0.894. The van der Waals surface area contributed by atoms with Crippen molar-refractivity contribution in [2.24, 2.45) is 0 Å². The summed E-state index contributed by atoms with van der Waals surface area (Å²) in [6.07, 6.45) is 6.21. The minimum atomic E-state index is -0.436. The highest BCUT2D eigenvalue weighted by Crippen LogP contribution is 2.09. The van der Waals surface area contributed by atoms with Crippen LogP contribution in [0, 0.1) is 0 Å². The molecule has 1 aromatic heterocycles. The van der Waals surface area contributed by atoms with Crippen LogP contribution in [0.15, 0.2) is 42.7 Å². The summed E-state index contributed by atoms with van der Waals surface area (Å²) in [4.78, 5) is 24.2. The molecule has 0 unspecified atom stereocenters. The Balaban J connectivity index is 1.62. The monoisotopic (exact) mass is 312 g/mol. The second kappa shape index (κ2) is 7.09. The van der Waals surface area contributed by atoms with E-state index >= 15 is 0 Å². The number of carbonyl (C=O) groups is 2. The number of rotatable bonds is 4. The van der Waals surface area contributed by atoms with Gasteiger partial charge in [-0.3, -0.25) is 14.3 Å². The molecule has 0 bridgehead atoms. The summed E-state index contributed by atoms with van der Waals surface area (Å²) in [5.41, 5.74) is 1.63. The van der Waals surface area contributed by atoms with Gasteiger partial charge in [-0.1, -0.05) is 12.1 Å². The van der Waals surface area contributed by atoms with Crippen LogP contribution in [0.3, 0.4) is 0 Å². The summed E-state index contributed by atoms with van der Waals surface area (Å²) in [6, 6.07) is 8.81. The third kappa shape index (κ3) is 3.97. The van der Waals surface area contributed by atoms with Crippen molar-refractivity contribution in [2.75, 3.05) is 6.54 Å². The summed E-state index contributed by atoms with van der Waals surface area (Å²) < 4.78 is 1.82. The minimum absolute atomic E-state index is 0.0915. The van der Waals surface area contributed by atoms with Gasteiger partial charge in [0.15, 0.2) is 0 Å². The van der Waals surface area contributed by atoms with Crippen LogP contribution in [0.5, 0.6) is 0 Å². The molecule has 120 valence electrons. The lowest BCUT2D eigenvalue weighted by atomic mass is 10.1. The van der Waals surface area contributed by atoms with E-state index in [-0.39, 0.29) is 11.8 Å². The van der Waals surface area contributed by atoms with Crippen LogP contribution >= 0.6 is 0 Å². The maximum Gasteiger partial charge on any atom is 0.251 e. The lowest BCUT2D eigenvalue weighted by molar-refractivity contribution is -0.122. The average molecular weight is 312 g/mol. The Hall–Kier alpha value is -2.63.